The molecule has 0 unspecified atom stereocenters. The number of thiazole rings is 1. The fraction of sp³-hybridized carbons (Fsp3) is 0.727. The fourth-order valence-corrected chi connectivity index (χ4v) is 2.76. The lowest BCUT2D eigenvalue weighted by Crippen LogP contribution is -2.12. The molecular weight excluding hydrogens is 192 g/mol. The maximum atomic E-state index is 4.76. The summed E-state index contributed by atoms with van der Waals surface area (Å²) in [5.41, 5.74) is 1.54. The molecule has 0 saturated carbocycles. The van der Waals surface area contributed by atoms with Crippen molar-refractivity contribution in [1.29, 1.82) is 0 Å². The molecule has 2 nitrogen and oxygen atoms in total. The molecule has 0 spiro atoms. The number of aromatic nitrogens is 1. The predicted molar refractivity (Wildman–Crippen MR) is 60.8 cm³/mol. The largest absolute Gasteiger partial charge is 0.312 e. The molecule has 1 aromatic rings. The van der Waals surface area contributed by atoms with Crippen LogP contribution in [0.4, 0.5) is 0 Å². The number of rotatable bonds is 0. The molecule has 0 aliphatic carbocycles. The highest BCUT2D eigenvalue weighted by molar-refractivity contribution is 7.11. The number of nitrogens with one attached hydrogen (secondary N) is 1. The van der Waals surface area contributed by atoms with Gasteiger partial charge >= 0.3 is 0 Å². The quantitative estimate of drug-likeness (QED) is 0.711. The molecule has 2 heterocycles. The van der Waals surface area contributed by atoms with Gasteiger partial charge in [0, 0.05) is 16.8 Å². The van der Waals surface area contributed by atoms with Gasteiger partial charge in [0.1, 0.15) is 0 Å². The van der Waals surface area contributed by atoms with E-state index < -0.39 is 0 Å². The van der Waals surface area contributed by atoms with Crippen molar-refractivity contribution in [3.05, 3.63) is 15.6 Å². The Labute approximate surface area is 89.8 Å². The van der Waals surface area contributed by atoms with Crippen molar-refractivity contribution >= 4 is 11.3 Å². The third kappa shape index (κ3) is 1.98. The van der Waals surface area contributed by atoms with E-state index in [-0.39, 0.29) is 5.41 Å². The fourth-order valence-electron chi connectivity index (χ4n) is 1.62. The zero-order valence-corrected chi connectivity index (χ0v) is 10.0. The number of nitrogens with zero attached hydrogens (tertiary/aromatic N) is 1. The Morgan fingerprint density at radius 3 is 2.86 bits per heavy atom. The van der Waals surface area contributed by atoms with Gasteiger partial charge in [-0.2, -0.15) is 0 Å². The van der Waals surface area contributed by atoms with Crippen molar-refractivity contribution in [3.63, 3.8) is 0 Å². The van der Waals surface area contributed by atoms with Crippen LogP contribution in [0.25, 0.3) is 0 Å². The second-order valence-electron chi connectivity index (χ2n) is 4.92. The molecular formula is C11H18N2S. The standard InChI is InChI=1S/C11H18N2S/c1-11(2,3)10-13-8-5-4-6-12-7-9(8)14-10/h12H,4-7H2,1-3H3. The van der Waals surface area contributed by atoms with E-state index in [0.29, 0.717) is 0 Å². The van der Waals surface area contributed by atoms with Crippen molar-refractivity contribution in [3.8, 4) is 0 Å². The topological polar surface area (TPSA) is 24.9 Å². The van der Waals surface area contributed by atoms with Gasteiger partial charge in [-0.25, -0.2) is 4.98 Å². The molecule has 3 heteroatoms. The van der Waals surface area contributed by atoms with E-state index >= 15 is 0 Å². The number of fused-ring (bicyclic) bond motifs is 1. The number of hydrogen-bond donors (Lipinski definition) is 1. The van der Waals surface area contributed by atoms with Crippen LogP contribution in [0, 0.1) is 0 Å². The van der Waals surface area contributed by atoms with Crippen LogP contribution in [0.3, 0.4) is 0 Å². The van der Waals surface area contributed by atoms with Gasteiger partial charge in [0.15, 0.2) is 0 Å². The van der Waals surface area contributed by atoms with Gasteiger partial charge in [-0.15, -0.1) is 11.3 Å². The molecule has 1 N–H and O–H groups in total. The second kappa shape index (κ2) is 3.63. The Morgan fingerprint density at radius 1 is 1.36 bits per heavy atom. The smallest absolute Gasteiger partial charge is 0.0985 e. The molecule has 78 valence electrons. The van der Waals surface area contributed by atoms with Crippen LogP contribution >= 0.6 is 11.3 Å². The average Bonchev–Trinajstić information content (AvgIpc) is 2.38. The highest BCUT2D eigenvalue weighted by Crippen LogP contribution is 2.30. The first-order valence-electron chi connectivity index (χ1n) is 5.27. The van der Waals surface area contributed by atoms with Crippen LogP contribution < -0.4 is 5.32 Å². The van der Waals surface area contributed by atoms with E-state index in [1.807, 2.05) is 11.3 Å². The van der Waals surface area contributed by atoms with Crippen molar-refractivity contribution < 1.29 is 0 Å². The summed E-state index contributed by atoms with van der Waals surface area (Å²) in [4.78, 5) is 6.21. The van der Waals surface area contributed by atoms with Crippen LogP contribution in [-0.4, -0.2) is 11.5 Å². The molecule has 0 fully saturated rings. The lowest BCUT2D eigenvalue weighted by atomic mass is 9.98. The summed E-state index contributed by atoms with van der Waals surface area (Å²) in [7, 11) is 0. The van der Waals surface area contributed by atoms with Gasteiger partial charge in [0.2, 0.25) is 0 Å². The summed E-state index contributed by atoms with van der Waals surface area (Å²) in [6, 6.07) is 0. The summed E-state index contributed by atoms with van der Waals surface area (Å²) < 4.78 is 0. The Bertz CT molecular complexity index is 299. The van der Waals surface area contributed by atoms with Crippen molar-refractivity contribution in [2.45, 2.75) is 45.6 Å². The lowest BCUT2D eigenvalue weighted by Gasteiger charge is -2.13. The zero-order chi connectivity index (χ0) is 10.2. The third-order valence-electron chi connectivity index (χ3n) is 2.47. The minimum atomic E-state index is 0.205. The summed E-state index contributed by atoms with van der Waals surface area (Å²) >= 11 is 1.88. The highest BCUT2D eigenvalue weighted by Gasteiger charge is 2.21. The van der Waals surface area contributed by atoms with Gasteiger partial charge in [-0.05, 0) is 19.4 Å². The van der Waals surface area contributed by atoms with E-state index in [1.54, 1.807) is 0 Å². The Kier molecular flexibility index (Phi) is 2.62. The molecule has 2 rings (SSSR count). The molecule has 14 heavy (non-hydrogen) atoms. The summed E-state index contributed by atoms with van der Waals surface area (Å²) in [5, 5.41) is 4.72. The van der Waals surface area contributed by atoms with Crippen molar-refractivity contribution in [2.75, 3.05) is 6.54 Å². The predicted octanol–water partition coefficient (Wildman–Crippen LogP) is 2.48. The molecule has 0 amide bonds. The molecule has 1 aromatic heterocycles. The van der Waals surface area contributed by atoms with Crippen molar-refractivity contribution in [2.24, 2.45) is 0 Å². The highest BCUT2D eigenvalue weighted by atomic mass is 32.1. The first-order valence-corrected chi connectivity index (χ1v) is 6.09. The lowest BCUT2D eigenvalue weighted by molar-refractivity contribution is 0.582. The van der Waals surface area contributed by atoms with Crippen LogP contribution in [-0.2, 0) is 18.4 Å². The van der Waals surface area contributed by atoms with Crippen LogP contribution in [0.2, 0.25) is 0 Å². The van der Waals surface area contributed by atoms with Gasteiger partial charge in [0.25, 0.3) is 0 Å². The van der Waals surface area contributed by atoms with Crippen LogP contribution in [0.1, 0.15) is 42.8 Å². The normalized spacial score (nSPS) is 17.6. The average molecular weight is 210 g/mol. The Balaban J connectivity index is 2.31. The van der Waals surface area contributed by atoms with Gasteiger partial charge < -0.3 is 5.32 Å². The Hall–Kier alpha value is -0.410. The molecule has 0 radical (unpaired) electrons. The summed E-state index contributed by atoms with van der Waals surface area (Å²) in [5.74, 6) is 0. The molecule has 0 saturated heterocycles. The van der Waals surface area contributed by atoms with Gasteiger partial charge in [-0.1, -0.05) is 20.8 Å². The van der Waals surface area contributed by atoms with E-state index in [9.17, 15) is 0 Å². The first kappa shape index (κ1) is 10.1. The summed E-state index contributed by atoms with van der Waals surface area (Å²) in [6.45, 7) is 8.85. The van der Waals surface area contributed by atoms with Gasteiger partial charge in [0.05, 0.1) is 10.7 Å². The monoisotopic (exact) mass is 210 g/mol. The number of hydrogen-bond acceptors (Lipinski definition) is 3. The minimum absolute atomic E-state index is 0.205. The maximum absolute atomic E-state index is 4.76. The van der Waals surface area contributed by atoms with E-state index in [0.717, 1.165) is 19.5 Å². The van der Waals surface area contributed by atoms with E-state index in [2.05, 4.69) is 26.1 Å². The van der Waals surface area contributed by atoms with Gasteiger partial charge in [-0.3, -0.25) is 0 Å². The third-order valence-corrected chi connectivity index (χ3v) is 4.00. The van der Waals surface area contributed by atoms with E-state index in [4.69, 9.17) is 4.98 Å². The zero-order valence-electron chi connectivity index (χ0n) is 9.18. The molecule has 0 atom stereocenters. The van der Waals surface area contributed by atoms with Crippen LogP contribution in [0.15, 0.2) is 0 Å². The summed E-state index contributed by atoms with van der Waals surface area (Å²) in [6.07, 6.45) is 2.37. The maximum Gasteiger partial charge on any atom is 0.0985 e. The van der Waals surface area contributed by atoms with Crippen LogP contribution in [0.5, 0.6) is 0 Å². The molecule has 0 aromatic carbocycles. The molecule has 1 aliphatic rings. The molecule has 1 aliphatic heterocycles. The Morgan fingerprint density at radius 2 is 2.14 bits per heavy atom. The molecule has 0 bridgehead atoms. The van der Waals surface area contributed by atoms with E-state index in [1.165, 1.54) is 22.0 Å². The second-order valence-corrected chi connectivity index (χ2v) is 6.00. The minimum Gasteiger partial charge on any atom is -0.312 e. The van der Waals surface area contributed by atoms with Crippen molar-refractivity contribution in [1.82, 2.24) is 10.3 Å². The first-order chi connectivity index (χ1) is 6.57. The number of aryl methyl sites for hydroxylation is 1. The SMILES string of the molecule is CC(C)(C)c1nc2c(s1)CNCCC2.